The van der Waals surface area contributed by atoms with E-state index in [9.17, 15) is 4.79 Å². The monoisotopic (exact) mass is 316 g/mol. The topological polar surface area (TPSA) is 70.4 Å². The van der Waals surface area contributed by atoms with E-state index in [1.54, 1.807) is 0 Å². The standard InChI is InChI=1S/C17H24N4O2/c1-13-16(14(2)23-20-13)11-19-17(22)18-9-10-21(3)12-15-7-5-4-6-8-15/h4-8H,9-12H2,1-3H3,(H2,18,19,22). The van der Waals surface area contributed by atoms with E-state index in [0.717, 1.165) is 30.1 Å². The number of nitrogens with zero attached hydrogens (tertiary/aromatic N) is 2. The van der Waals surface area contributed by atoms with Gasteiger partial charge >= 0.3 is 6.03 Å². The second-order valence-corrected chi connectivity index (χ2v) is 5.64. The minimum Gasteiger partial charge on any atom is -0.361 e. The van der Waals surface area contributed by atoms with Crippen LogP contribution in [0.3, 0.4) is 0 Å². The van der Waals surface area contributed by atoms with Crippen LogP contribution in [0.4, 0.5) is 4.79 Å². The largest absolute Gasteiger partial charge is 0.361 e. The zero-order valence-corrected chi connectivity index (χ0v) is 13.9. The Hall–Kier alpha value is -2.34. The molecule has 23 heavy (non-hydrogen) atoms. The van der Waals surface area contributed by atoms with Gasteiger partial charge in [-0.3, -0.25) is 0 Å². The summed E-state index contributed by atoms with van der Waals surface area (Å²) in [6, 6.07) is 10.1. The van der Waals surface area contributed by atoms with Crippen LogP contribution in [-0.2, 0) is 13.1 Å². The molecule has 0 fully saturated rings. The lowest BCUT2D eigenvalue weighted by atomic mass is 10.2. The second-order valence-electron chi connectivity index (χ2n) is 5.64. The molecule has 0 aliphatic rings. The number of nitrogens with one attached hydrogen (secondary N) is 2. The molecule has 2 aromatic rings. The Kier molecular flexibility index (Phi) is 6.17. The average Bonchev–Trinajstić information content (AvgIpc) is 2.85. The predicted octanol–water partition coefficient (Wildman–Crippen LogP) is 2.22. The number of amides is 2. The van der Waals surface area contributed by atoms with Crippen molar-refractivity contribution in [3.8, 4) is 0 Å². The van der Waals surface area contributed by atoms with E-state index in [4.69, 9.17) is 4.52 Å². The van der Waals surface area contributed by atoms with Gasteiger partial charge in [-0.25, -0.2) is 4.79 Å². The van der Waals surface area contributed by atoms with Gasteiger partial charge in [0, 0.05) is 31.7 Å². The molecule has 0 saturated carbocycles. The minimum absolute atomic E-state index is 0.182. The van der Waals surface area contributed by atoms with Gasteiger partial charge in [0.1, 0.15) is 5.76 Å². The molecule has 6 heteroatoms. The highest BCUT2D eigenvalue weighted by molar-refractivity contribution is 5.73. The Morgan fingerprint density at radius 3 is 2.61 bits per heavy atom. The molecule has 0 unspecified atom stereocenters. The molecule has 0 radical (unpaired) electrons. The van der Waals surface area contributed by atoms with Gasteiger partial charge in [-0.2, -0.15) is 0 Å². The molecule has 124 valence electrons. The Balaban J connectivity index is 1.65. The second kappa shape index (κ2) is 8.33. The molecule has 0 aliphatic heterocycles. The molecule has 0 spiro atoms. The lowest BCUT2D eigenvalue weighted by Gasteiger charge is -2.17. The van der Waals surface area contributed by atoms with Crippen LogP contribution in [0.15, 0.2) is 34.9 Å². The number of likely N-dealkylation sites (N-methyl/N-ethyl adjacent to an activating group) is 1. The smallest absolute Gasteiger partial charge is 0.315 e. The molecule has 0 saturated heterocycles. The third kappa shape index (κ3) is 5.41. The van der Waals surface area contributed by atoms with Gasteiger partial charge in [0.25, 0.3) is 0 Å². The summed E-state index contributed by atoms with van der Waals surface area (Å²) in [4.78, 5) is 14.0. The summed E-state index contributed by atoms with van der Waals surface area (Å²) in [5.74, 6) is 0.741. The van der Waals surface area contributed by atoms with Crippen molar-refractivity contribution in [3.05, 3.63) is 52.9 Å². The summed E-state index contributed by atoms with van der Waals surface area (Å²) >= 11 is 0. The first-order chi connectivity index (χ1) is 11.1. The number of carbonyl (C=O) groups is 1. The van der Waals surface area contributed by atoms with Gasteiger partial charge in [0.15, 0.2) is 0 Å². The third-order valence-electron chi connectivity index (χ3n) is 3.68. The first-order valence-electron chi connectivity index (χ1n) is 7.72. The lowest BCUT2D eigenvalue weighted by Crippen LogP contribution is -2.39. The molecule has 0 aliphatic carbocycles. The van der Waals surface area contributed by atoms with E-state index in [0.29, 0.717) is 13.1 Å². The van der Waals surface area contributed by atoms with E-state index in [-0.39, 0.29) is 6.03 Å². The maximum absolute atomic E-state index is 11.8. The molecule has 1 aromatic heterocycles. The first kappa shape index (κ1) is 17.0. The molecular weight excluding hydrogens is 292 g/mol. The van der Waals surface area contributed by atoms with Crippen molar-refractivity contribution in [1.82, 2.24) is 20.7 Å². The van der Waals surface area contributed by atoms with Gasteiger partial charge in [-0.15, -0.1) is 0 Å². The first-order valence-corrected chi connectivity index (χ1v) is 7.72. The highest BCUT2D eigenvalue weighted by Crippen LogP contribution is 2.11. The summed E-state index contributed by atoms with van der Waals surface area (Å²) in [5, 5.41) is 9.55. The number of aromatic nitrogens is 1. The molecule has 2 amide bonds. The highest BCUT2D eigenvalue weighted by atomic mass is 16.5. The van der Waals surface area contributed by atoms with E-state index in [1.807, 2.05) is 39.1 Å². The number of hydrogen-bond donors (Lipinski definition) is 2. The quantitative estimate of drug-likeness (QED) is 0.822. The SMILES string of the molecule is Cc1noc(C)c1CNC(=O)NCCN(C)Cc1ccccc1. The maximum atomic E-state index is 11.8. The van der Waals surface area contributed by atoms with Crippen molar-refractivity contribution in [3.63, 3.8) is 0 Å². The zero-order chi connectivity index (χ0) is 16.7. The molecule has 2 rings (SSSR count). The zero-order valence-electron chi connectivity index (χ0n) is 13.9. The van der Waals surface area contributed by atoms with Crippen molar-refractivity contribution in [2.75, 3.05) is 20.1 Å². The molecule has 0 bridgehead atoms. The summed E-state index contributed by atoms with van der Waals surface area (Å²) in [5.41, 5.74) is 3.00. The number of carbonyl (C=O) groups excluding carboxylic acids is 1. The number of hydrogen-bond acceptors (Lipinski definition) is 4. The fourth-order valence-corrected chi connectivity index (χ4v) is 2.32. The summed E-state index contributed by atoms with van der Waals surface area (Å²) in [7, 11) is 2.04. The van der Waals surface area contributed by atoms with Crippen molar-refractivity contribution in [1.29, 1.82) is 0 Å². The number of aryl methyl sites for hydroxylation is 2. The summed E-state index contributed by atoms with van der Waals surface area (Å²) in [6.45, 7) is 6.37. The fourth-order valence-electron chi connectivity index (χ4n) is 2.32. The van der Waals surface area contributed by atoms with Crippen LogP contribution in [-0.4, -0.2) is 36.2 Å². The normalized spacial score (nSPS) is 10.8. The van der Waals surface area contributed by atoms with Crippen LogP contribution < -0.4 is 10.6 Å². The number of benzene rings is 1. The molecule has 0 atom stereocenters. The summed E-state index contributed by atoms with van der Waals surface area (Å²) in [6.07, 6.45) is 0. The van der Waals surface area contributed by atoms with Gasteiger partial charge in [0.05, 0.1) is 5.69 Å². The van der Waals surface area contributed by atoms with Gasteiger partial charge in [-0.1, -0.05) is 35.5 Å². The van der Waals surface area contributed by atoms with Crippen LogP contribution >= 0.6 is 0 Å². The van der Waals surface area contributed by atoms with E-state index < -0.39 is 0 Å². The van der Waals surface area contributed by atoms with Crippen LogP contribution in [0.25, 0.3) is 0 Å². The number of urea groups is 1. The highest BCUT2D eigenvalue weighted by Gasteiger charge is 2.10. The van der Waals surface area contributed by atoms with E-state index in [1.165, 1.54) is 5.56 Å². The Morgan fingerprint density at radius 1 is 1.22 bits per heavy atom. The van der Waals surface area contributed by atoms with Gasteiger partial charge in [0.2, 0.25) is 0 Å². The number of rotatable bonds is 7. The maximum Gasteiger partial charge on any atom is 0.315 e. The average molecular weight is 316 g/mol. The minimum atomic E-state index is -0.182. The third-order valence-corrected chi connectivity index (χ3v) is 3.68. The van der Waals surface area contributed by atoms with Crippen molar-refractivity contribution in [2.24, 2.45) is 0 Å². The molecule has 1 aromatic carbocycles. The van der Waals surface area contributed by atoms with E-state index >= 15 is 0 Å². The van der Waals surface area contributed by atoms with Gasteiger partial charge in [-0.05, 0) is 26.5 Å². The van der Waals surface area contributed by atoms with Gasteiger partial charge < -0.3 is 20.1 Å². The Bertz CT molecular complexity index is 605. The van der Waals surface area contributed by atoms with Crippen LogP contribution in [0.5, 0.6) is 0 Å². The van der Waals surface area contributed by atoms with Crippen LogP contribution in [0, 0.1) is 13.8 Å². The lowest BCUT2D eigenvalue weighted by molar-refractivity contribution is 0.237. The fraction of sp³-hybridized carbons (Fsp3) is 0.412. The van der Waals surface area contributed by atoms with Crippen molar-refractivity contribution < 1.29 is 9.32 Å². The van der Waals surface area contributed by atoms with Crippen LogP contribution in [0.1, 0.15) is 22.6 Å². The van der Waals surface area contributed by atoms with Crippen molar-refractivity contribution in [2.45, 2.75) is 26.9 Å². The molecule has 1 heterocycles. The Morgan fingerprint density at radius 2 is 1.96 bits per heavy atom. The Labute approximate surface area is 136 Å². The molecular formula is C17H24N4O2. The summed E-state index contributed by atoms with van der Waals surface area (Å²) < 4.78 is 5.07. The van der Waals surface area contributed by atoms with Crippen LogP contribution in [0.2, 0.25) is 0 Å². The predicted molar refractivity (Wildman–Crippen MR) is 89.0 cm³/mol. The molecule has 6 nitrogen and oxygen atoms in total. The van der Waals surface area contributed by atoms with Crippen molar-refractivity contribution >= 4 is 6.03 Å². The molecule has 2 N–H and O–H groups in total. The van der Waals surface area contributed by atoms with E-state index in [2.05, 4.69) is 32.8 Å².